The van der Waals surface area contributed by atoms with E-state index in [9.17, 15) is 4.79 Å². The van der Waals surface area contributed by atoms with Gasteiger partial charge < -0.3 is 5.11 Å². The number of carbonyl (C=O) groups is 1. The maximum atomic E-state index is 9.91. The van der Waals surface area contributed by atoms with Crippen molar-refractivity contribution in [3.05, 3.63) is 11.8 Å². The maximum absolute atomic E-state index is 9.91. The van der Waals surface area contributed by atoms with Gasteiger partial charge in [0.25, 0.3) is 0 Å². The molecule has 0 unspecified atom stereocenters. The summed E-state index contributed by atoms with van der Waals surface area (Å²) >= 11 is 0. The van der Waals surface area contributed by atoms with Crippen LogP contribution in [0.2, 0.25) is 0 Å². The first-order valence-electron chi connectivity index (χ1n) is 4.15. The Hall–Kier alpha value is -0.790. The van der Waals surface area contributed by atoms with E-state index in [0.717, 1.165) is 12.8 Å². The summed E-state index contributed by atoms with van der Waals surface area (Å²) in [4.78, 5) is 9.91. The van der Waals surface area contributed by atoms with Crippen LogP contribution in [0.25, 0.3) is 0 Å². The second-order valence-corrected chi connectivity index (χ2v) is 2.60. The molecule has 0 heterocycles. The van der Waals surface area contributed by atoms with E-state index >= 15 is 0 Å². The Labute approximate surface area is 67.9 Å². The number of aliphatic hydroxyl groups is 1. The normalized spacial score (nSPS) is 11.5. The first-order chi connectivity index (χ1) is 5.31. The van der Waals surface area contributed by atoms with Crippen molar-refractivity contribution in [3.8, 4) is 0 Å². The van der Waals surface area contributed by atoms with Gasteiger partial charge in [-0.15, -0.1) is 0 Å². The van der Waals surface area contributed by atoms with Gasteiger partial charge in [-0.2, -0.15) is 0 Å². The third-order valence-electron chi connectivity index (χ3n) is 1.53. The van der Waals surface area contributed by atoms with Crippen molar-refractivity contribution in [2.24, 2.45) is 0 Å². The van der Waals surface area contributed by atoms with E-state index in [1.54, 1.807) is 6.08 Å². The Balaban J connectivity index is 3.19. The molecule has 0 saturated carbocycles. The highest BCUT2D eigenvalue weighted by Gasteiger charge is 1.88. The Morgan fingerprint density at radius 3 is 2.64 bits per heavy atom. The Morgan fingerprint density at radius 1 is 1.36 bits per heavy atom. The van der Waals surface area contributed by atoms with Gasteiger partial charge in [0.2, 0.25) is 0 Å². The van der Waals surface area contributed by atoms with E-state index in [1.165, 1.54) is 19.3 Å². The lowest BCUT2D eigenvalue weighted by molar-refractivity contribution is -0.107. The molecule has 0 aliphatic carbocycles. The quantitative estimate of drug-likeness (QED) is 0.278. The van der Waals surface area contributed by atoms with Crippen molar-refractivity contribution >= 4 is 6.29 Å². The van der Waals surface area contributed by atoms with Crippen molar-refractivity contribution in [1.82, 2.24) is 0 Å². The molecular weight excluding hydrogens is 140 g/mol. The molecule has 0 aromatic rings. The van der Waals surface area contributed by atoms with Crippen LogP contribution in [0.15, 0.2) is 11.8 Å². The topological polar surface area (TPSA) is 37.3 Å². The van der Waals surface area contributed by atoms with E-state index in [4.69, 9.17) is 5.11 Å². The molecule has 0 amide bonds. The van der Waals surface area contributed by atoms with E-state index in [2.05, 4.69) is 6.92 Å². The van der Waals surface area contributed by atoms with Gasteiger partial charge >= 0.3 is 0 Å². The average molecular weight is 156 g/mol. The van der Waals surface area contributed by atoms with Crippen molar-refractivity contribution in [2.45, 2.75) is 39.0 Å². The minimum absolute atomic E-state index is 0.138. The van der Waals surface area contributed by atoms with Crippen LogP contribution < -0.4 is 0 Å². The lowest BCUT2D eigenvalue weighted by atomic mass is 10.1. The average Bonchev–Trinajstić information content (AvgIpc) is 2.04. The van der Waals surface area contributed by atoms with Gasteiger partial charge in [-0.1, -0.05) is 26.2 Å². The Bertz CT molecular complexity index is 128. The zero-order chi connectivity index (χ0) is 8.53. The maximum Gasteiger partial charge on any atom is 0.184 e. The summed E-state index contributed by atoms with van der Waals surface area (Å²) in [5.74, 6) is -0.138. The minimum Gasteiger partial charge on any atom is -0.505 e. The zero-order valence-corrected chi connectivity index (χ0v) is 7.05. The van der Waals surface area contributed by atoms with Gasteiger partial charge in [-0.05, 0) is 18.9 Å². The third kappa shape index (κ3) is 7.10. The van der Waals surface area contributed by atoms with Crippen molar-refractivity contribution < 1.29 is 9.90 Å². The summed E-state index contributed by atoms with van der Waals surface area (Å²) in [6.45, 7) is 2.15. The molecule has 0 aliphatic rings. The van der Waals surface area contributed by atoms with E-state index in [0.29, 0.717) is 6.29 Å². The van der Waals surface area contributed by atoms with Crippen molar-refractivity contribution in [3.63, 3.8) is 0 Å². The van der Waals surface area contributed by atoms with Crippen LogP contribution in [0.1, 0.15) is 39.0 Å². The molecule has 1 N–H and O–H groups in total. The van der Waals surface area contributed by atoms with Crippen LogP contribution in [-0.2, 0) is 4.79 Å². The van der Waals surface area contributed by atoms with E-state index in [1.807, 2.05) is 0 Å². The van der Waals surface area contributed by atoms with Gasteiger partial charge in [0.05, 0.1) is 0 Å². The van der Waals surface area contributed by atoms with Crippen molar-refractivity contribution in [1.29, 1.82) is 0 Å². The molecule has 0 aromatic heterocycles. The predicted octanol–water partition coefficient (Wildman–Crippen LogP) is 2.60. The Morgan fingerprint density at radius 2 is 2.09 bits per heavy atom. The van der Waals surface area contributed by atoms with Crippen molar-refractivity contribution in [2.75, 3.05) is 0 Å². The lowest BCUT2D eigenvalue weighted by Crippen LogP contribution is -1.81. The molecule has 2 heteroatoms. The molecule has 0 bridgehead atoms. The number of allylic oxidation sites excluding steroid dienone is 2. The van der Waals surface area contributed by atoms with E-state index in [-0.39, 0.29) is 5.76 Å². The summed E-state index contributed by atoms with van der Waals surface area (Å²) in [6, 6.07) is 0. The Kier molecular flexibility index (Phi) is 6.79. The second-order valence-electron chi connectivity index (χ2n) is 2.60. The molecule has 64 valence electrons. The summed E-state index contributed by atoms with van der Waals surface area (Å²) in [5.41, 5.74) is 0. The molecule has 0 radical (unpaired) electrons. The summed E-state index contributed by atoms with van der Waals surface area (Å²) < 4.78 is 0. The largest absolute Gasteiger partial charge is 0.505 e. The molecular formula is C9H16O2. The van der Waals surface area contributed by atoms with E-state index < -0.39 is 0 Å². The first-order valence-corrected chi connectivity index (χ1v) is 4.15. The lowest BCUT2D eigenvalue weighted by Gasteiger charge is -1.93. The van der Waals surface area contributed by atoms with Crippen LogP contribution in [0.3, 0.4) is 0 Å². The fraction of sp³-hybridized carbons (Fsp3) is 0.667. The standard InChI is InChI=1S/C9H16O2/c1-2-3-4-5-6-7-9(11)8-10/h7-8,11H,2-6H2,1H3/b9-7+. The summed E-state index contributed by atoms with van der Waals surface area (Å²) in [5, 5.41) is 8.71. The number of aliphatic hydroxyl groups excluding tert-OH is 1. The SMILES string of the molecule is CCCCCC/C=C(/O)C=O. The monoisotopic (exact) mass is 156 g/mol. The van der Waals surface area contributed by atoms with Gasteiger partial charge in [0.15, 0.2) is 12.0 Å². The van der Waals surface area contributed by atoms with Gasteiger partial charge in [-0.3, -0.25) is 4.79 Å². The number of aldehydes is 1. The second kappa shape index (κ2) is 7.32. The van der Waals surface area contributed by atoms with Crippen LogP contribution in [0, 0.1) is 0 Å². The fourth-order valence-corrected chi connectivity index (χ4v) is 0.869. The number of carbonyl (C=O) groups excluding carboxylic acids is 1. The highest BCUT2D eigenvalue weighted by atomic mass is 16.3. The predicted molar refractivity (Wildman–Crippen MR) is 45.5 cm³/mol. The summed E-state index contributed by atoms with van der Waals surface area (Å²) in [7, 11) is 0. The minimum atomic E-state index is -0.138. The molecule has 0 aromatic carbocycles. The molecule has 11 heavy (non-hydrogen) atoms. The van der Waals surface area contributed by atoms with Crippen LogP contribution >= 0.6 is 0 Å². The molecule has 2 nitrogen and oxygen atoms in total. The smallest absolute Gasteiger partial charge is 0.184 e. The van der Waals surface area contributed by atoms with Gasteiger partial charge in [0.1, 0.15) is 0 Å². The van der Waals surface area contributed by atoms with Crippen LogP contribution in [-0.4, -0.2) is 11.4 Å². The number of hydrogen-bond donors (Lipinski definition) is 1. The number of unbranched alkanes of at least 4 members (excludes halogenated alkanes) is 4. The molecule has 0 saturated heterocycles. The molecule has 0 rings (SSSR count). The fourth-order valence-electron chi connectivity index (χ4n) is 0.869. The molecule has 0 spiro atoms. The molecule has 0 aliphatic heterocycles. The zero-order valence-electron chi connectivity index (χ0n) is 7.05. The summed E-state index contributed by atoms with van der Waals surface area (Å²) in [6.07, 6.45) is 7.54. The highest BCUT2D eigenvalue weighted by molar-refractivity contribution is 5.69. The molecule has 0 fully saturated rings. The van der Waals surface area contributed by atoms with Crippen LogP contribution in [0.4, 0.5) is 0 Å². The van der Waals surface area contributed by atoms with Gasteiger partial charge in [-0.25, -0.2) is 0 Å². The van der Waals surface area contributed by atoms with Crippen LogP contribution in [0.5, 0.6) is 0 Å². The number of rotatable bonds is 6. The van der Waals surface area contributed by atoms with Gasteiger partial charge in [0, 0.05) is 0 Å². The molecule has 0 atom stereocenters. The first kappa shape index (κ1) is 10.2. The third-order valence-corrected chi connectivity index (χ3v) is 1.53. The highest BCUT2D eigenvalue weighted by Crippen LogP contribution is 2.03. The number of hydrogen-bond acceptors (Lipinski definition) is 2.